The Morgan fingerprint density at radius 2 is 2.04 bits per heavy atom. The number of nitrogens with one attached hydrogen (secondary N) is 1. The maximum absolute atomic E-state index is 12.2. The van der Waals surface area contributed by atoms with Gasteiger partial charge in [0.1, 0.15) is 6.04 Å². The van der Waals surface area contributed by atoms with Crippen molar-refractivity contribution in [2.75, 3.05) is 19.5 Å². The highest BCUT2D eigenvalue weighted by Gasteiger charge is 2.29. The van der Waals surface area contributed by atoms with Gasteiger partial charge >= 0.3 is 11.9 Å². The van der Waals surface area contributed by atoms with Gasteiger partial charge in [0.2, 0.25) is 5.91 Å². The summed E-state index contributed by atoms with van der Waals surface area (Å²) in [5.41, 5.74) is 1.49. The predicted octanol–water partition coefficient (Wildman–Crippen LogP) is 1.73. The summed E-state index contributed by atoms with van der Waals surface area (Å²) in [6.45, 7) is 4.28. The molecule has 2 rings (SSSR count). The molecule has 0 spiro atoms. The average molecular weight is 322 g/mol. The molecule has 126 valence electrons. The third-order valence-corrected chi connectivity index (χ3v) is 3.36. The molecule has 1 unspecified atom stereocenters. The summed E-state index contributed by atoms with van der Waals surface area (Å²) in [5.74, 6) is -1.75. The van der Waals surface area contributed by atoms with Crippen molar-refractivity contribution in [1.82, 2.24) is 4.90 Å². The zero-order valence-electron chi connectivity index (χ0n) is 13.8. The molecule has 7 nitrogen and oxygen atoms in total. The van der Waals surface area contributed by atoms with Crippen molar-refractivity contribution in [2.24, 2.45) is 0 Å². The van der Waals surface area contributed by atoms with Gasteiger partial charge in [0.25, 0.3) is 0 Å². The van der Waals surface area contributed by atoms with E-state index in [0.29, 0.717) is 11.3 Å². The molecule has 7 heteroatoms. The number of carboxylic acids is 1. The fraction of sp³-hybridized carbons (Fsp3) is 0.438. The number of likely N-dealkylation sites (N-methyl/N-ethyl adjacent to an activating group) is 1. The first-order valence-corrected chi connectivity index (χ1v) is 7.37. The van der Waals surface area contributed by atoms with Crippen LogP contribution < -0.4 is 5.32 Å². The van der Waals surface area contributed by atoms with E-state index in [1.807, 2.05) is 13.8 Å². The van der Waals surface area contributed by atoms with Crippen LogP contribution in [0.15, 0.2) is 18.2 Å². The lowest BCUT2D eigenvalue weighted by atomic mass is 10.1. The number of esters is 1. The largest absolute Gasteiger partial charge is 0.478 e. The second-order valence-electron chi connectivity index (χ2n) is 4.85. The summed E-state index contributed by atoms with van der Waals surface area (Å²) >= 11 is 0. The standard InChI is InChI=1S/C14H16N2O5.C2H6/c1-16-7-9-5-8(14(19)20)3-4-10(9)15-11(13(16)18)6-12(17)21-2;1-2/h3-5,11,15H,6-7H2,1-2H3,(H,19,20);1-2H3. The monoisotopic (exact) mass is 322 g/mol. The van der Waals surface area contributed by atoms with Crippen molar-refractivity contribution in [3.63, 3.8) is 0 Å². The molecule has 0 bridgehead atoms. The highest BCUT2D eigenvalue weighted by atomic mass is 16.5. The number of benzene rings is 1. The Morgan fingerprint density at radius 3 is 2.61 bits per heavy atom. The fourth-order valence-electron chi connectivity index (χ4n) is 2.24. The second kappa shape index (κ2) is 8.17. The molecule has 1 aliphatic heterocycles. The Kier molecular flexibility index (Phi) is 6.56. The molecule has 1 heterocycles. The molecule has 23 heavy (non-hydrogen) atoms. The van der Waals surface area contributed by atoms with E-state index >= 15 is 0 Å². The Labute approximate surface area is 135 Å². The summed E-state index contributed by atoms with van der Waals surface area (Å²) in [5, 5.41) is 12.0. The number of hydrogen-bond donors (Lipinski definition) is 2. The van der Waals surface area contributed by atoms with Crippen molar-refractivity contribution in [1.29, 1.82) is 0 Å². The van der Waals surface area contributed by atoms with Crippen molar-refractivity contribution < 1.29 is 24.2 Å². The first-order valence-electron chi connectivity index (χ1n) is 7.37. The Balaban J connectivity index is 0.00000127. The van der Waals surface area contributed by atoms with Gasteiger partial charge in [-0.2, -0.15) is 0 Å². The minimum atomic E-state index is -1.03. The van der Waals surface area contributed by atoms with Gasteiger partial charge in [-0.05, 0) is 23.8 Å². The summed E-state index contributed by atoms with van der Waals surface area (Å²) in [7, 11) is 2.87. The highest BCUT2D eigenvalue weighted by Crippen LogP contribution is 2.24. The number of ether oxygens (including phenoxy) is 1. The summed E-state index contributed by atoms with van der Waals surface area (Å²) in [6.07, 6.45) is -0.0835. The summed E-state index contributed by atoms with van der Waals surface area (Å²) in [4.78, 5) is 36.1. The normalized spacial score (nSPS) is 16.3. The molecule has 2 N–H and O–H groups in total. The minimum absolute atomic E-state index is 0.0835. The Hall–Kier alpha value is -2.57. The number of carboxylic acid groups (broad SMARTS) is 1. The van der Waals surface area contributed by atoms with Crippen molar-refractivity contribution in [3.05, 3.63) is 29.3 Å². The van der Waals surface area contributed by atoms with Crippen LogP contribution in [-0.4, -0.2) is 48.1 Å². The van der Waals surface area contributed by atoms with Crippen LogP contribution in [0.3, 0.4) is 0 Å². The lowest BCUT2D eigenvalue weighted by Gasteiger charge is -2.19. The van der Waals surface area contributed by atoms with E-state index in [0.717, 1.165) is 0 Å². The quantitative estimate of drug-likeness (QED) is 0.823. The van der Waals surface area contributed by atoms with Crippen molar-refractivity contribution in [2.45, 2.75) is 32.9 Å². The number of fused-ring (bicyclic) bond motifs is 1. The molecule has 1 aromatic rings. The number of anilines is 1. The van der Waals surface area contributed by atoms with Gasteiger partial charge in [-0.3, -0.25) is 9.59 Å². The van der Waals surface area contributed by atoms with Gasteiger partial charge in [-0.15, -0.1) is 0 Å². The molecule has 1 aliphatic rings. The molecule has 0 saturated heterocycles. The summed E-state index contributed by atoms with van der Waals surface area (Å²) in [6, 6.07) is 3.86. The average Bonchev–Trinajstić information content (AvgIpc) is 2.66. The SMILES string of the molecule is CC.COC(=O)CC1Nc2ccc(C(=O)O)cc2CN(C)C1=O. The number of carbonyl (C=O) groups is 3. The molecule has 0 aromatic heterocycles. The lowest BCUT2D eigenvalue weighted by Crippen LogP contribution is -2.39. The summed E-state index contributed by atoms with van der Waals surface area (Å²) < 4.78 is 4.59. The molecule has 1 atom stereocenters. The van der Waals surface area contributed by atoms with E-state index in [-0.39, 0.29) is 24.4 Å². The number of amides is 1. The van der Waals surface area contributed by atoms with Gasteiger partial charge in [0.15, 0.2) is 0 Å². The molecule has 0 radical (unpaired) electrons. The molecular formula is C16H22N2O5. The number of methoxy groups -OCH3 is 1. The third-order valence-electron chi connectivity index (χ3n) is 3.36. The molecule has 0 fully saturated rings. The molecule has 1 amide bonds. The minimum Gasteiger partial charge on any atom is -0.478 e. The van der Waals surface area contributed by atoms with E-state index in [1.54, 1.807) is 13.1 Å². The molecule has 0 aliphatic carbocycles. The maximum Gasteiger partial charge on any atom is 0.335 e. The zero-order valence-corrected chi connectivity index (χ0v) is 13.8. The predicted molar refractivity (Wildman–Crippen MR) is 85.3 cm³/mol. The van der Waals surface area contributed by atoms with E-state index < -0.39 is 18.0 Å². The highest BCUT2D eigenvalue weighted by molar-refractivity contribution is 5.92. The van der Waals surface area contributed by atoms with Gasteiger partial charge < -0.3 is 20.1 Å². The van der Waals surface area contributed by atoms with Crippen LogP contribution in [0.2, 0.25) is 0 Å². The number of nitrogens with zero attached hydrogens (tertiary/aromatic N) is 1. The number of rotatable bonds is 3. The first kappa shape index (κ1) is 18.5. The van der Waals surface area contributed by atoms with Crippen LogP contribution in [0.25, 0.3) is 0 Å². The van der Waals surface area contributed by atoms with E-state index in [2.05, 4.69) is 10.1 Å². The van der Waals surface area contributed by atoms with Gasteiger partial charge in [-0.25, -0.2) is 4.79 Å². The van der Waals surface area contributed by atoms with Gasteiger partial charge in [-0.1, -0.05) is 13.8 Å². The van der Waals surface area contributed by atoms with E-state index in [4.69, 9.17) is 5.11 Å². The van der Waals surface area contributed by atoms with Crippen molar-refractivity contribution >= 4 is 23.5 Å². The lowest BCUT2D eigenvalue weighted by molar-refractivity contribution is -0.143. The maximum atomic E-state index is 12.2. The number of aromatic carboxylic acids is 1. The third kappa shape index (κ3) is 4.45. The zero-order chi connectivity index (χ0) is 17.6. The van der Waals surface area contributed by atoms with Crippen LogP contribution in [0.5, 0.6) is 0 Å². The Morgan fingerprint density at radius 1 is 1.39 bits per heavy atom. The number of hydrogen-bond acceptors (Lipinski definition) is 5. The smallest absolute Gasteiger partial charge is 0.335 e. The van der Waals surface area contributed by atoms with Gasteiger partial charge in [0.05, 0.1) is 19.1 Å². The van der Waals surface area contributed by atoms with Crippen LogP contribution in [0, 0.1) is 0 Å². The Bertz CT molecular complexity index is 600. The van der Waals surface area contributed by atoms with Crippen molar-refractivity contribution in [3.8, 4) is 0 Å². The molecular weight excluding hydrogens is 300 g/mol. The van der Waals surface area contributed by atoms with E-state index in [9.17, 15) is 14.4 Å². The van der Waals surface area contributed by atoms with Gasteiger partial charge in [0, 0.05) is 19.3 Å². The first-order chi connectivity index (χ1) is 10.9. The number of carbonyl (C=O) groups excluding carboxylic acids is 2. The van der Waals surface area contributed by atoms with Crippen LogP contribution in [0.1, 0.15) is 36.2 Å². The van der Waals surface area contributed by atoms with E-state index in [1.165, 1.54) is 24.1 Å². The van der Waals surface area contributed by atoms with Crippen LogP contribution in [-0.2, 0) is 20.9 Å². The fourth-order valence-corrected chi connectivity index (χ4v) is 2.24. The topological polar surface area (TPSA) is 95.9 Å². The second-order valence-corrected chi connectivity index (χ2v) is 4.85. The van der Waals surface area contributed by atoms with Crippen LogP contribution >= 0.6 is 0 Å². The van der Waals surface area contributed by atoms with Crippen LogP contribution in [0.4, 0.5) is 5.69 Å². The molecule has 0 saturated carbocycles. The molecule has 1 aromatic carbocycles.